The van der Waals surface area contributed by atoms with E-state index in [4.69, 9.17) is 5.11 Å². The fourth-order valence-corrected chi connectivity index (χ4v) is 6.43. The number of carbonyl (C=O) groups is 1. The highest BCUT2D eigenvalue weighted by molar-refractivity contribution is 8.99. The summed E-state index contributed by atoms with van der Waals surface area (Å²) in [5, 5.41) is 8.47. The smallest absolute Gasteiger partial charge is 0.356 e. The van der Waals surface area contributed by atoms with Gasteiger partial charge < -0.3 is 5.11 Å². The van der Waals surface area contributed by atoms with E-state index in [9.17, 15) is 4.79 Å². The van der Waals surface area contributed by atoms with Gasteiger partial charge in [-0.2, -0.15) is 0 Å². The Kier molecular flexibility index (Phi) is 3.13. The van der Waals surface area contributed by atoms with Crippen molar-refractivity contribution in [1.29, 1.82) is 0 Å². The van der Waals surface area contributed by atoms with Crippen LogP contribution in [0, 0.1) is 0 Å². The quantitative estimate of drug-likeness (QED) is 0.652. The van der Waals surface area contributed by atoms with Gasteiger partial charge in [0.25, 0.3) is 0 Å². The van der Waals surface area contributed by atoms with Crippen molar-refractivity contribution >= 4 is 25.2 Å². The molecule has 1 fully saturated rings. The van der Waals surface area contributed by atoms with Gasteiger partial charge in [0.15, 0.2) is 0 Å². The molecule has 1 N–H and O–H groups in total. The van der Waals surface area contributed by atoms with Gasteiger partial charge in [-0.15, -0.1) is 10.8 Å². The van der Waals surface area contributed by atoms with E-state index in [0.717, 1.165) is 23.7 Å². The van der Waals surface area contributed by atoms with E-state index >= 15 is 0 Å². The Morgan fingerprint density at radius 2 is 2.36 bits per heavy atom. The van der Waals surface area contributed by atoms with Crippen molar-refractivity contribution in [2.45, 2.75) is 19.8 Å². The molecule has 0 radical (unpaired) electrons. The summed E-state index contributed by atoms with van der Waals surface area (Å²) in [6.07, 6.45) is 2.31. The molecule has 1 aliphatic rings. The minimum absolute atomic E-state index is 0.537. The van der Waals surface area contributed by atoms with Crippen molar-refractivity contribution < 1.29 is 9.90 Å². The molecule has 0 aromatic heterocycles. The monoisotopic (exact) mass is 194 g/mol. The standard InChI is InChI=1S/C7H14O2S2/c1-2-11(7(8)9)6-4-3-5-10-11/h2-6H2,1H3,(H,8,9). The highest BCUT2D eigenvalue weighted by Gasteiger charge is 2.32. The third-order valence-corrected chi connectivity index (χ3v) is 8.87. The summed E-state index contributed by atoms with van der Waals surface area (Å²) in [4.78, 5) is 10.9. The minimum Gasteiger partial charge on any atom is -0.474 e. The maximum Gasteiger partial charge on any atom is 0.356 e. The fraction of sp³-hybridized carbons (Fsp3) is 0.857. The topological polar surface area (TPSA) is 37.3 Å². The van der Waals surface area contributed by atoms with Gasteiger partial charge in [0.1, 0.15) is 0 Å². The second-order valence-electron chi connectivity index (χ2n) is 2.60. The first-order chi connectivity index (χ1) is 5.21. The van der Waals surface area contributed by atoms with E-state index in [1.807, 2.05) is 6.92 Å². The first kappa shape index (κ1) is 9.26. The van der Waals surface area contributed by atoms with Gasteiger partial charge in [0.2, 0.25) is 0 Å². The molecule has 0 amide bonds. The number of hydrogen-bond acceptors (Lipinski definition) is 2. The van der Waals surface area contributed by atoms with Crippen molar-refractivity contribution in [3.05, 3.63) is 0 Å². The Labute approximate surface area is 72.5 Å². The van der Waals surface area contributed by atoms with Crippen LogP contribution in [0.15, 0.2) is 0 Å². The van der Waals surface area contributed by atoms with Crippen LogP contribution in [0.1, 0.15) is 19.8 Å². The van der Waals surface area contributed by atoms with E-state index in [1.54, 1.807) is 10.8 Å². The van der Waals surface area contributed by atoms with Gasteiger partial charge in [-0.25, -0.2) is 4.79 Å². The summed E-state index contributed by atoms with van der Waals surface area (Å²) >= 11 is 0. The number of rotatable bonds is 1. The molecule has 0 spiro atoms. The van der Waals surface area contributed by atoms with Crippen LogP contribution in [0.25, 0.3) is 0 Å². The van der Waals surface area contributed by atoms with Gasteiger partial charge in [0.05, 0.1) is 0 Å². The van der Waals surface area contributed by atoms with E-state index in [2.05, 4.69) is 0 Å². The summed E-state index contributed by atoms with van der Waals surface area (Å²) in [5.74, 6) is 2.83. The molecular formula is C7H14O2S2. The molecule has 4 heteroatoms. The van der Waals surface area contributed by atoms with Gasteiger partial charge in [-0.1, -0.05) is 16.0 Å². The van der Waals surface area contributed by atoms with Crippen LogP contribution in [-0.4, -0.2) is 27.7 Å². The van der Waals surface area contributed by atoms with Crippen molar-refractivity contribution in [2.24, 2.45) is 0 Å². The van der Waals surface area contributed by atoms with E-state index in [-0.39, 0.29) is 0 Å². The average molecular weight is 194 g/mol. The highest BCUT2D eigenvalue weighted by atomic mass is 33.2. The van der Waals surface area contributed by atoms with Crippen molar-refractivity contribution in [1.82, 2.24) is 0 Å². The van der Waals surface area contributed by atoms with Crippen LogP contribution in [0.2, 0.25) is 0 Å². The van der Waals surface area contributed by atoms with Crippen LogP contribution in [0.3, 0.4) is 0 Å². The third-order valence-electron chi connectivity index (χ3n) is 1.96. The molecule has 0 aromatic carbocycles. The average Bonchev–Trinajstić information content (AvgIpc) is 2.05. The lowest BCUT2D eigenvalue weighted by atomic mass is 10.4. The fourth-order valence-electron chi connectivity index (χ4n) is 1.20. The van der Waals surface area contributed by atoms with Gasteiger partial charge in [-0.05, 0) is 24.3 Å². The van der Waals surface area contributed by atoms with Gasteiger partial charge in [-0.3, -0.25) is 0 Å². The summed E-state index contributed by atoms with van der Waals surface area (Å²) in [6.45, 7) is 2.00. The third kappa shape index (κ3) is 1.85. The van der Waals surface area contributed by atoms with Crippen LogP contribution in [-0.2, 0) is 0 Å². The molecule has 0 aliphatic carbocycles. The maximum absolute atomic E-state index is 10.9. The van der Waals surface area contributed by atoms with Crippen molar-refractivity contribution in [3.63, 3.8) is 0 Å². The maximum atomic E-state index is 10.9. The first-order valence-electron chi connectivity index (χ1n) is 3.87. The summed E-state index contributed by atoms with van der Waals surface area (Å²) in [5.41, 5.74) is 0. The summed E-state index contributed by atoms with van der Waals surface area (Å²) in [6, 6.07) is 0. The van der Waals surface area contributed by atoms with E-state index < -0.39 is 14.4 Å². The van der Waals surface area contributed by atoms with Crippen LogP contribution < -0.4 is 0 Å². The molecule has 0 bridgehead atoms. The zero-order valence-corrected chi connectivity index (χ0v) is 8.34. The normalized spacial score (nSPS) is 37.5. The molecule has 1 saturated heterocycles. The van der Waals surface area contributed by atoms with Crippen LogP contribution >= 0.6 is 19.9 Å². The summed E-state index contributed by atoms with van der Waals surface area (Å²) in [7, 11) is 0.384. The molecule has 1 atom stereocenters. The lowest BCUT2D eigenvalue weighted by Gasteiger charge is -2.36. The van der Waals surface area contributed by atoms with E-state index in [0.29, 0.717) is 0 Å². The Hall–Kier alpha value is 0.170. The molecule has 0 aromatic rings. The molecular weight excluding hydrogens is 180 g/mol. The lowest BCUT2D eigenvalue weighted by Crippen LogP contribution is -2.17. The van der Waals surface area contributed by atoms with Crippen molar-refractivity contribution in [2.75, 3.05) is 17.3 Å². The number of carboxylic acid groups (broad SMARTS) is 1. The lowest BCUT2D eigenvalue weighted by molar-refractivity contribution is 0.221. The minimum atomic E-state index is -1.32. The predicted molar refractivity (Wildman–Crippen MR) is 52.7 cm³/mol. The molecule has 11 heavy (non-hydrogen) atoms. The molecule has 66 valence electrons. The molecule has 0 saturated carbocycles. The summed E-state index contributed by atoms with van der Waals surface area (Å²) < 4.78 is 0. The van der Waals surface area contributed by atoms with Crippen LogP contribution in [0.4, 0.5) is 4.79 Å². The zero-order chi connectivity index (χ0) is 8.32. The zero-order valence-electron chi connectivity index (χ0n) is 6.71. The van der Waals surface area contributed by atoms with Gasteiger partial charge >= 0.3 is 5.30 Å². The Balaban J connectivity index is 2.64. The Morgan fingerprint density at radius 1 is 1.64 bits per heavy atom. The predicted octanol–water partition coefficient (Wildman–Crippen LogP) is 2.93. The molecule has 1 unspecified atom stereocenters. The van der Waals surface area contributed by atoms with Crippen molar-refractivity contribution in [3.8, 4) is 0 Å². The molecule has 1 heterocycles. The Bertz CT molecular complexity index is 153. The highest BCUT2D eigenvalue weighted by Crippen LogP contribution is 2.62. The van der Waals surface area contributed by atoms with Crippen LogP contribution in [0.5, 0.6) is 0 Å². The second-order valence-corrected chi connectivity index (χ2v) is 8.82. The largest absolute Gasteiger partial charge is 0.474 e. The second kappa shape index (κ2) is 3.72. The Morgan fingerprint density at radius 3 is 2.64 bits per heavy atom. The SMILES string of the molecule is CCS1(C(=O)O)CCCCS1. The number of hydrogen-bond donors (Lipinski definition) is 1. The van der Waals surface area contributed by atoms with Gasteiger partial charge in [0, 0.05) is 5.75 Å². The first-order valence-corrected chi connectivity index (χ1v) is 7.35. The van der Waals surface area contributed by atoms with E-state index in [1.165, 1.54) is 6.42 Å². The molecule has 1 rings (SSSR count). The molecule has 2 nitrogen and oxygen atoms in total. The molecule has 1 aliphatic heterocycles.